The van der Waals surface area contributed by atoms with Gasteiger partial charge in [-0.25, -0.2) is 8.78 Å². The minimum absolute atomic E-state index is 0.188. The number of ether oxygens (including phenoxy) is 1. The van der Waals surface area contributed by atoms with Crippen LogP contribution >= 0.6 is 0 Å². The highest BCUT2D eigenvalue weighted by Gasteiger charge is 2.34. The summed E-state index contributed by atoms with van der Waals surface area (Å²) in [6, 6.07) is 5.85. The van der Waals surface area contributed by atoms with E-state index in [0.717, 1.165) is 18.2 Å². The van der Waals surface area contributed by atoms with Crippen LogP contribution in [0.5, 0.6) is 5.75 Å². The third-order valence-corrected chi connectivity index (χ3v) is 2.74. The lowest BCUT2D eigenvalue weighted by molar-refractivity contribution is -0.140. The molecule has 0 heterocycles. The lowest BCUT2D eigenvalue weighted by Crippen LogP contribution is -2.09. The number of halogens is 5. The summed E-state index contributed by atoms with van der Waals surface area (Å²) < 4.78 is 68.9. The van der Waals surface area contributed by atoms with Gasteiger partial charge in [-0.3, -0.25) is 0 Å². The Kier molecular flexibility index (Phi) is 4.02. The molecule has 0 saturated carbocycles. The van der Waals surface area contributed by atoms with Crippen molar-refractivity contribution in [3.63, 3.8) is 0 Å². The summed E-state index contributed by atoms with van der Waals surface area (Å²) in [5.74, 6) is -2.12. The lowest BCUT2D eigenvalue weighted by Gasteiger charge is -2.12. The maximum Gasteiger partial charge on any atom is 0.419 e. The minimum Gasteiger partial charge on any atom is -0.489 e. The highest BCUT2D eigenvalue weighted by Crippen LogP contribution is 2.33. The molecule has 0 amide bonds. The third kappa shape index (κ3) is 3.62. The van der Waals surface area contributed by atoms with Crippen molar-refractivity contribution in [2.24, 2.45) is 0 Å². The molecule has 2 aromatic carbocycles. The van der Waals surface area contributed by atoms with Gasteiger partial charge in [0.15, 0.2) is 0 Å². The standard InChI is InChI=1S/C14H10F5NO/c15-9-1-4-13(20)8(5-9)7-21-10-2-3-12(16)11(6-10)14(17,18)19/h1-6H,7,20H2. The first-order chi connectivity index (χ1) is 9.77. The van der Waals surface area contributed by atoms with E-state index in [2.05, 4.69) is 0 Å². The Bertz CT molecular complexity index is 654. The number of anilines is 1. The highest BCUT2D eigenvalue weighted by atomic mass is 19.4. The van der Waals surface area contributed by atoms with Gasteiger partial charge in [-0.2, -0.15) is 13.2 Å². The number of nitrogen functional groups attached to an aromatic ring is 1. The van der Waals surface area contributed by atoms with E-state index in [1.165, 1.54) is 6.07 Å². The number of hydrogen-bond acceptors (Lipinski definition) is 2. The third-order valence-electron chi connectivity index (χ3n) is 2.74. The molecule has 21 heavy (non-hydrogen) atoms. The van der Waals surface area contributed by atoms with Crippen LogP contribution in [0.15, 0.2) is 36.4 Å². The van der Waals surface area contributed by atoms with Gasteiger partial charge in [-0.05, 0) is 36.4 Å². The van der Waals surface area contributed by atoms with Gasteiger partial charge in [0, 0.05) is 11.3 Å². The van der Waals surface area contributed by atoms with Crippen LogP contribution in [0.4, 0.5) is 27.6 Å². The topological polar surface area (TPSA) is 35.2 Å². The lowest BCUT2D eigenvalue weighted by atomic mass is 10.2. The Morgan fingerprint density at radius 2 is 1.71 bits per heavy atom. The molecule has 0 saturated heterocycles. The van der Waals surface area contributed by atoms with E-state index >= 15 is 0 Å². The zero-order valence-electron chi connectivity index (χ0n) is 10.5. The Labute approximate surface area is 116 Å². The van der Waals surface area contributed by atoms with E-state index in [9.17, 15) is 22.0 Å². The smallest absolute Gasteiger partial charge is 0.419 e. The molecule has 0 aliphatic heterocycles. The summed E-state index contributed by atoms with van der Waals surface area (Å²) >= 11 is 0. The Balaban J connectivity index is 2.19. The molecule has 0 radical (unpaired) electrons. The fraction of sp³-hybridized carbons (Fsp3) is 0.143. The molecule has 0 spiro atoms. The quantitative estimate of drug-likeness (QED) is 0.683. The number of alkyl halides is 3. The summed E-state index contributed by atoms with van der Waals surface area (Å²) in [7, 11) is 0. The Morgan fingerprint density at radius 1 is 1.00 bits per heavy atom. The molecular formula is C14H10F5NO. The van der Waals surface area contributed by atoms with Gasteiger partial charge in [-0.1, -0.05) is 0 Å². The predicted molar refractivity (Wildman–Crippen MR) is 66.5 cm³/mol. The minimum atomic E-state index is -4.82. The van der Waals surface area contributed by atoms with Gasteiger partial charge >= 0.3 is 6.18 Å². The molecule has 0 aromatic heterocycles. The number of hydrogen-bond donors (Lipinski definition) is 1. The van der Waals surface area contributed by atoms with Gasteiger partial charge in [0.2, 0.25) is 0 Å². The fourth-order valence-corrected chi connectivity index (χ4v) is 1.67. The van der Waals surface area contributed by atoms with E-state index in [4.69, 9.17) is 10.5 Å². The molecule has 0 aliphatic rings. The summed E-state index contributed by atoms with van der Waals surface area (Å²) in [5.41, 5.74) is 4.70. The van der Waals surface area contributed by atoms with E-state index in [-0.39, 0.29) is 23.6 Å². The van der Waals surface area contributed by atoms with Crippen LogP contribution in [0.3, 0.4) is 0 Å². The van der Waals surface area contributed by atoms with Crippen molar-refractivity contribution in [3.8, 4) is 5.75 Å². The van der Waals surface area contributed by atoms with Crippen LogP contribution < -0.4 is 10.5 Å². The Morgan fingerprint density at radius 3 is 2.38 bits per heavy atom. The number of benzene rings is 2. The van der Waals surface area contributed by atoms with Crippen LogP contribution in [-0.4, -0.2) is 0 Å². The van der Waals surface area contributed by atoms with Crippen molar-refractivity contribution < 1.29 is 26.7 Å². The molecule has 0 unspecified atom stereocenters. The number of nitrogens with two attached hydrogens (primary N) is 1. The van der Waals surface area contributed by atoms with Gasteiger partial charge in [-0.15, -0.1) is 0 Å². The normalized spacial score (nSPS) is 11.5. The monoisotopic (exact) mass is 303 g/mol. The van der Waals surface area contributed by atoms with Crippen LogP contribution in [0.2, 0.25) is 0 Å². The van der Waals surface area contributed by atoms with Gasteiger partial charge in [0.1, 0.15) is 24.0 Å². The van der Waals surface area contributed by atoms with Crippen LogP contribution in [-0.2, 0) is 12.8 Å². The maximum atomic E-state index is 13.1. The first-order valence-electron chi connectivity index (χ1n) is 5.81. The SMILES string of the molecule is Nc1ccc(F)cc1COc1ccc(F)c(C(F)(F)F)c1. The largest absolute Gasteiger partial charge is 0.489 e. The van der Waals surface area contributed by atoms with Crippen LogP contribution in [0, 0.1) is 11.6 Å². The second-order valence-electron chi connectivity index (χ2n) is 4.27. The molecule has 2 aromatic rings. The molecule has 7 heteroatoms. The van der Waals surface area contributed by atoms with Crippen molar-refractivity contribution in [1.82, 2.24) is 0 Å². The second-order valence-corrected chi connectivity index (χ2v) is 4.27. The molecule has 2 rings (SSSR count). The molecule has 2 nitrogen and oxygen atoms in total. The van der Waals surface area contributed by atoms with E-state index < -0.39 is 23.4 Å². The van der Waals surface area contributed by atoms with Crippen LogP contribution in [0.25, 0.3) is 0 Å². The fourth-order valence-electron chi connectivity index (χ4n) is 1.67. The van der Waals surface area contributed by atoms with E-state index in [0.29, 0.717) is 12.1 Å². The average Bonchev–Trinajstić information content (AvgIpc) is 2.40. The van der Waals surface area contributed by atoms with Crippen molar-refractivity contribution in [3.05, 3.63) is 59.2 Å². The summed E-state index contributed by atoms with van der Waals surface area (Å²) in [6.45, 7) is -0.230. The van der Waals surface area contributed by atoms with Crippen molar-refractivity contribution >= 4 is 5.69 Å². The molecular weight excluding hydrogens is 293 g/mol. The molecule has 0 aliphatic carbocycles. The van der Waals surface area contributed by atoms with E-state index in [1.807, 2.05) is 0 Å². The zero-order chi connectivity index (χ0) is 15.6. The van der Waals surface area contributed by atoms with Gasteiger partial charge < -0.3 is 10.5 Å². The van der Waals surface area contributed by atoms with Crippen LogP contribution in [0.1, 0.15) is 11.1 Å². The molecule has 2 N–H and O–H groups in total. The molecule has 0 atom stereocenters. The predicted octanol–water partition coefficient (Wildman–Crippen LogP) is 4.14. The average molecular weight is 303 g/mol. The Hall–Kier alpha value is -2.31. The van der Waals surface area contributed by atoms with E-state index in [1.54, 1.807) is 0 Å². The van der Waals surface area contributed by atoms with Gasteiger partial charge in [0.05, 0.1) is 5.56 Å². The maximum absolute atomic E-state index is 13.1. The summed E-state index contributed by atoms with van der Waals surface area (Å²) in [5, 5.41) is 0. The second kappa shape index (κ2) is 5.59. The highest BCUT2D eigenvalue weighted by molar-refractivity contribution is 5.46. The van der Waals surface area contributed by atoms with Crippen molar-refractivity contribution in [1.29, 1.82) is 0 Å². The first kappa shape index (κ1) is 15.1. The number of rotatable bonds is 3. The van der Waals surface area contributed by atoms with Crippen molar-refractivity contribution in [2.75, 3.05) is 5.73 Å². The molecule has 0 fully saturated rings. The zero-order valence-corrected chi connectivity index (χ0v) is 10.5. The summed E-state index contributed by atoms with van der Waals surface area (Å²) in [6.07, 6.45) is -4.82. The summed E-state index contributed by atoms with van der Waals surface area (Å²) in [4.78, 5) is 0. The van der Waals surface area contributed by atoms with Crippen molar-refractivity contribution in [2.45, 2.75) is 12.8 Å². The molecule has 112 valence electrons. The van der Waals surface area contributed by atoms with Gasteiger partial charge in [0.25, 0.3) is 0 Å². The molecule has 0 bridgehead atoms. The first-order valence-corrected chi connectivity index (χ1v) is 5.81.